The minimum absolute atomic E-state index is 0.107. The third-order valence-corrected chi connectivity index (χ3v) is 3.95. The monoisotopic (exact) mass is 317 g/mol. The van der Waals surface area contributed by atoms with Crippen molar-refractivity contribution in [2.75, 3.05) is 14.2 Å². The van der Waals surface area contributed by atoms with Gasteiger partial charge in [0.15, 0.2) is 0 Å². The summed E-state index contributed by atoms with van der Waals surface area (Å²) in [7, 11) is 3.45. The first-order chi connectivity index (χ1) is 10.6. The van der Waals surface area contributed by atoms with Gasteiger partial charge < -0.3 is 9.64 Å². The van der Waals surface area contributed by atoms with Crippen LogP contribution in [-0.4, -0.2) is 25.0 Å². The summed E-state index contributed by atoms with van der Waals surface area (Å²) in [4.78, 5) is 13.9. The van der Waals surface area contributed by atoms with Crippen LogP contribution in [0.1, 0.15) is 17.5 Å². The summed E-state index contributed by atoms with van der Waals surface area (Å²) in [6.07, 6.45) is 1.20. The molecule has 0 aromatic heterocycles. The van der Waals surface area contributed by atoms with Crippen LogP contribution in [0.2, 0.25) is 5.02 Å². The zero-order valence-electron chi connectivity index (χ0n) is 12.9. The Hall–Kier alpha value is -2.00. The van der Waals surface area contributed by atoms with E-state index in [0.29, 0.717) is 18.0 Å². The van der Waals surface area contributed by atoms with Crippen LogP contribution in [0.3, 0.4) is 0 Å². The SMILES string of the molecule is COc1ccc(CCC(=O)N(C)Cc2ccccc2Cl)cc1. The molecule has 2 aromatic rings. The van der Waals surface area contributed by atoms with Gasteiger partial charge in [-0.1, -0.05) is 41.9 Å². The molecular formula is C18H20ClNO2. The van der Waals surface area contributed by atoms with Crippen molar-refractivity contribution in [3.8, 4) is 5.75 Å². The van der Waals surface area contributed by atoms with Crippen LogP contribution in [-0.2, 0) is 17.8 Å². The lowest BCUT2D eigenvalue weighted by atomic mass is 10.1. The number of nitrogens with zero attached hydrogens (tertiary/aromatic N) is 1. The van der Waals surface area contributed by atoms with Crippen molar-refractivity contribution in [3.63, 3.8) is 0 Å². The van der Waals surface area contributed by atoms with Crippen molar-refractivity contribution in [1.29, 1.82) is 0 Å². The fourth-order valence-electron chi connectivity index (χ4n) is 2.20. The maximum absolute atomic E-state index is 12.2. The van der Waals surface area contributed by atoms with E-state index in [-0.39, 0.29) is 5.91 Å². The lowest BCUT2D eigenvalue weighted by molar-refractivity contribution is -0.130. The van der Waals surface area contributed by atoms with Crippen molar-refractivity contribution in [3.05, 3.63) is 64.7 Å². The molecule has 2 rings (SSSR count). The summed E-state index contributed by atoms with van der Waals surface area (Å²) in [5.74, 6) is 0.932. The highest BCUT2D eigenvalue weighted by atomic mass is 35.5. The van der Waals surface area contributed by atoms with Crippen LogP contribution in [0.4, 0.5) is 0 Å². The van der Waals surface area contributed by atoms with Gasteiger partial charge in [-0.25, -0.2) is 0 Å². The summed E-state index contributed by atoms with van der Waals surface area (Å²) in [6.45, 7) is 0.529. The number of hydrogen-bond donors (Lipinski definition) is 0. The van der Waals surface area contributed by atoms with E-state index in [1.165, 1.54) is 0 Å². The number of carbonyl (C=O) groups excluding carboxylic acids is 1. The second-order valence-electron chi connectivity index (χ2n) is 5.19. The van der Waals surface area contributed by atoms with Gasteiger partial charge in [0, 0.05) is 25.0 Å². The van der Waals surface area contributed by atoms with E-state index >= 15 is 0 Å². The van der Waals surface area contributed by atoms with Crippen LogP contribution in [0.15, 0.2) is 48.5 Å². The number of benzene rings is 2. The fraction of sp³-hybridized carbons (Fsp3) is 0.278. The lowest BCUT2D eigenvalue weighted by Gasteiger charge is -2.18. The van der Waals surface area contributed by atoms with Crippen LogP contribution in [0.5, 0.6) is 5.75 Å². The first-order valence-electron chi connectivity index (χ1n) is 7.20. The Morgan fingerprint density at radius 1 is 1.14 bits per heavy atom. The van der Waals surface area contributed by atoms with Crippen LogP contribution in [0.25, 0.3) is 0 Å². The van der Waals surface area contributed by atoms with Gasteiger partial charge in [-0.2, -0.15) is 0 Å². The van der Waals surface area contributed by atoms with E-state index < -0.39 is 0 Å². The largest absolute Gasteiger partial charge is 0.497 e. The van der Waals surface area contributed by atoms with Crippen LogP contribution in [0, 0.1) is 0 Å². The van der Waals surface area contributed by atoms with Gasteiger partial charge in [0.25, 0.3) is 0 Å². The van der Waals surface area contributed by atoms with E-state index in [0.717, 1.165) is 23.3 Å². The molecule has 0 aliphatic heterocycles. The summed E-state index contributed by atoms with van der Waals surface area (Å²) in [5.41, 5.74) is 2.09. The molecule has 0 saturated carbocycles. The van der Waals surface area contributed by atoms with Gasteiger partial charge in [-0.3, -0.25) is 4.79 Å². The number of hydrogen-bond acceptors (Lipinski definition) is 2. The standard InChI is InChI=1S/C18H20ClNO2/c1-20(13-15-5-3-4-6-17(15)19)18(21)12-9-14-7-10-16(22-2)11-8-14/h3-8,10-11H,9,12-13H2,1-2H3. The predicted molar refractivity (Wildman–Crippen MR) is 89.2 cm³/mol. The molecule has 0 radical (unpaired) electrons. The zero-order chi connectivity index (χ0) is 15.9. The Bertz CT molecular complexity index is 625. The Morgan fingerprint density at radius 3 is 2.45 bits per heavy atom. The fourth-order valence-corrected chi connectivity index (χ4v) is 2.40. The second-order valence-corrected chi connectivity index (χ2v) is 5.60. The molecule has 0 fully saturated rings. The Kier molecular flexibility index (Phi) is 5.84. The summed E-state index contributed by atoms with van der Waals surface area (Å²) in [6, 6.07) is 15.4. The molecule has 0 saturated heterocycles. The van der Waals surface area contributed by atoms with Crippen molar-refractivity contribution in [1.82, 2.24) is 4.90 Å². The molecule has 0 heterocycles. The summed E-state index contributed by atoms with van der Waals surface area (Å²) < 4.78 is 5.12. The minimum atomic E-state index is 0.107. The van der Waals surface area contributed by atoms with E-state index in [9.17, 15) is 4.79 Å². The molecule has 0 aliphatic carbocycles. The van der Waals surface area contributed by atoms with Gasteiger partial charge in [-0.15, -0.1) is 0 Å². The molecule has 4 heteroatoms. The molecule has 2 aromatic carbocycles. The minimum Gasteiger partial charge on any atom is -0.497 e. The quantitative estimate of drug-likeness (QED) is 0.807. The highest BCUT2D eigenvalue weighted by Crippen LogP contribution is 2.17. The molecule has 116 valence electrons. The number of aryl methyl sites for hydroxylation is 1. The lowest BCUT2D eigenvalue weighted by Crippen LogP contribution is -2.26. The molecule has 22 heavy (non-hydrogen) atoms. The first kappa shape index (κ1) is 16.4. The van der Waals surface area contributed by atoms with E-state index in [4.69, 9.17) is 16.3 Å². The number of amides is 1. The van der Waals surface area contributed by atoms with Crippen molar-refractivity contribution < 1.29 is 9.53 Å². The molecule has 0 atom stereocenters. The van der Waals surface area contributed by atoms with Crippen LogP contribution < -0.4 is 4.74 Å². The normalized spacial score (nSPS) is 10.3. The molecule has 0 unspecified atom stereocenters. The van der Waals surface area contributed by atoms with E-state index in [1.54, 1.807) is 19.1 Å². The molecule has 1 amide bonds. The van der Waals surface area contributed by atoms with E-state index in [2.05, 4.69) is 0 Å². The van der Waals surface area contributed by atoms with Crippen molar-refractivity contribution in [2.45, 2.75) is 19.4 Å². The third kappa shape index (κ3) is 4.50. The van der Waals surface area contributed by atoms with Crippen LogP contribution >= 0.6 is 11.6 Å². The van der Waals surface area contributed by atoms with Gasteiger partial charge in [0.05, 0.1) is 7.11 Å². The molecule has 0 aliphatic rings. The van der Waals surface area contributed by atoms with E-state index in [1.807, 2.05) is 48.5 Å². The number of ether oxygens (including phenoxy) is 1. The molecule has 3 nitrogen and oxygen atoms in total. The number of carbonyl (C=O) groups is 1. The smallest absolute Gasteiger partial charge is 0.222 e. The highest BCUT2D eigenvalue weighted by molar-refractivity contribution is 6.31. The first-order valence-corrected chi connectivity index (χ1v) is 7.58. The summed E-state index contributed by atoms with van der Waals surface area (Å²) >= 11 is 6.12. The molecule has 0 N–H and O–H groups in total. The maximum atomic E-state index is 12.2. The number of halogens is 1. The predicted octanol–water partition coefficient (Wildman–Crippen LogP) is 3.94. The Balaban J connectivity index is 1.87. The average Bonchev–Trinajstić information content (AvgIpc) is 2.55. The molecular weight excluding hydrogens is 298 g/mol. The highest BCUT2D eigenvalue weighted by Gasteiger charge is 2.11. The third-order valence-electron chi connectivity index (χ3n) is 3.58. The van der Waals surface area contributed by atoms with Gasteiger partial charge >= 0.3 is 0 Å². The van der Waals surface area contributed by atoms with Gasteiger partial charge in [-0.05, 0) is 35.7 Å². The average molecular weight is 318 g/mol. The number of methoxy groups -OCH3 is 1. The summed E-state index contributed by atoms with van der Waals surface area (Å²) in [5, 5.41) is 0.692. The second kappa shape index (κ2) is 7.85. The topological polar surface area (TPSA) is 29.5 Å². The number of rotatable bonds is 6. The van der Waals surface area contributed by atoms with Gasteiger partial charge in [0.2, 0.25) is 5.91 Å². The van der Waals surface area contributed by atoms with Gasteiger partial charge in [0.1, 0.15) is 5.75 Å². The molecule has 0 spiro atoms. The Labute approximate surface area is 136 Å². The Morgan fingerprint density at radius 2 is 1.82 bits per heavy atom. The zero-order valence-corrected chi connectivity index (χ0v) is 13.6. The van der Waals surface area contributed by atoms with Crippen molar-refractivity contribution >= 4 is 17.5 Å². The maximum Gasteiger partial charge on any atom is 0.222 e. The van der Waals surface area contributed by atoms with Crippen molar-refractivity contribution in [2.24, 2.45) is 0 Å². The molecule has 0 bridgehead atoms.